The van der Waals surface area contributed by atoms with Crippen molar-refractivity contribution < 1.29 is 10.0 Å². The number of anilines is 1. The van der Waals surface area contributed by atoms with Gasteiger partial charge in [0.15, 0.2) is 0 Å². The molecule has 70 valence electrons. The van der Waals surface area contributed by atoms with Crippen LogP contribution in [0, 0.1) is 6.92 Å². The highest BCUT2D eigenvalue weighted by molar-refractivity contribution is 7.79. The van der Waals surface area contributed by atoms with Gasteiger partial charge in [0.25, 0.3) is 0 Å². The summed E-state index contributed by atoms with van der Waals surface area (Å²) in [5.41, 5.74) is 8.52. The van der Waals surface area contributed by atoms with Gasteiger partial charge in [-0.25, -0.2) is 0 Å². The predicted octanol–water partition coefficient (Wildman–Crippen LogP) is -0.313. The highest BCUT2D eigenvalue weighted by atomic mass is 32.1. The second kappa shape index (κ2) is 4.04. The quantitative estimate of drug-likeness (QED) is 0.298. The van der Waals surface area contributed by atoms with Gasteiger partial charge in [-0.1, -0.05) is 6.07 Å². The fourth-order valence-corrected chi connectivity index (χ4v) is 1.47. The Morgan fingerprint density at radius 1 is 1.46 bits per heavy atom. The minimum atomic E-state index is -1.47. The van der Waals surface area contributed by atoms with Gasteiger partial charge in [0.05, 0.1) is 0 Å². The van der Waals surface area contributed by atoms with Gasteiger partial charge in [0.1, 0.15) is 0 Å². The highest BCUT2D eigenvalue weighted by Crippen LogP contribution is 2.15. The van der Waals surface area contributed by atoms with Gasteiger partial charge < -0.3 is 15.8 Å². The Hall–Kier alpha value is -0.645. The van der Waals surface area contributed by atoms with Crippen molar-refractivity contribution in [1.82, 2.24) is 0 Å². The summed E-state index contributed by atoms with van der Waals surface area (Å²) in [4.78, 5) is 0. The SMILES string of the molecule is Cc1c(N)cc(B(O)O)cc1CS. The third-order valence-corrected chi connectivity index (χ3v) is 2.39. The van der Waals surface area contributed by atoms with Crippen molar-refractivity contribution in [1.29, 1.82) is 0 Å². The summed E-state index contributed by atoms with van der Waals surface area (Å²) in [6.07, 6.45) is 0. The summed E-state index contributed by atoms with van der Waals surface area (Å²) in [6.45, 7) is 1.88. The lowest BCUT2D eigenvalue weighted by Crippen LogP contribution is -2.30. The van der Waals surface area contributed by atoms with E-state index >= 15 is 0 Å². The molecule has 0 saturated carbocycles. The monoisotopic (exact) mass is 197 g/mol. The summed E-state index contributed by atoms with van der Waals surface area (Å²) in [6, 6.07) is 3.26. The van der Waals surface area contributed by atoms with Crippen LogP contribution in [-0.4, -0.2) is 17.2 Å². The van der Waals surface area contributed by atoms with E-state index in [1.165, 1.54) is 0 Å². The maximum Gasteiger partial charge on any atom is 0.488 e. The Morgan fingerprint density at radius 3 is 2.54 bits per heavy atom. The van der Waals surface area contributed by atoms with E-state index in [9.17, 15) is 0 Å². The molecule has 1 aromatic carbocycles. The van der Waals surface area contributed by atoms with E-state index in [4.69, 9.17) is 15.8 Å². The molecule has 1 aromatic rings. The molecule has 0 spiro atoms. The molecular formula is C8H12BNO2S. The van der Waals surface area contributed by atoms with Gasteiger partial charge in [-0.3, -0.25) is 0 Å². The van der Waals surface area contributed by atoms with E-state index < -0.39 is 7.12 Å². The van der Waals surface area contributed by atoms with Crippen molar-refractivity contribution in [2.24, 2.45) is 0 Å². The third-order valence-electron chi connectivity index (χ3n) is 2.05. The number of benzene rings is 1. The first-order chi connectivity index (χ1) is 6.06. The van der Waals surface area contributed by atoms with E-state index in [2.05, 4.69) is 12.6 Å². The topological polar surface area (TPSA) is 66.5 Å². The lowest BCUT2D eigenvalue weighted by Gasteiger charge is -2.09. The fourth-order valence-electron chi connectivity index (χ4n) is 1.14. The van der Waals surface area contributed by atoms with Gasteiger partial charge in [-0.05, 0) is 29.6 Å². The van der Waals surface area contributed by atoms with Gasteiger partial charge in [0, 0.05) is 11.4 Å². The van der Waals surface area contributed by atoms with Crippen LogP contribution in [0.3, 0.4) is 0 Å². The Balaban J connectivity index is 3.22. The van der Waals surface area contributed by atoms with Crippen molar-refractivity contribution in [3.63, 3.8) is 0 Å². The van der Waals surface area contributed by atoms with Crippen LogP contribution in [0.15, 0.2) is 12.1 Å². The molecule has 0 amide bonds. The molecule has 5 heteroatoms. The Labute approximate surface area is 83.1 Å². The third kappa shape index (κ3) is 2.18. The second-order valence-corrected chi connectivity index (χ2v) is 3.24. The van der Waals surface area contributed by atoms with Crippen LogP contribution in [0.1, 0.15) is 11.1 Å². The normalized spacial score (nSPS) is 10.2. The lowest BCUT2D eigenvalue weighted by atomic mass is 9.78. The minimum absolute atomic E-state index is 0.409. The summed E-state index contributed by atoms with van der Waals surface area (Å²) < 4.78 is 0. The maximum atomic E-state index is 8.93. The van der Waals surface area contributed by atoms with Gasteiger partial charge >= 0.3 is 7.12 Å². The summed E-state index contributed by atoms with van der Waals surface area (Å²) in [5.74, 6) is 0.538. The van der Waals surface area contributed by atoms with Crippen LogP contribution in [0.2, 0.25) is 0 Å². The number of nitrogen functional groups attached to an aromatic ring is 1. The number of hydrogen-bond acceptors (Lipinski definition) is 4. The minimum Gasteiger partial charge on any atom is -0.423 e. The number of rotatable bonds is 2. The largest absolute Gasteiger partial charge is 0.488 e. The van der Waals surface area contributed by atoms with E-state index in [0.29, 0.717) is 16.9 Å². The van der Waals surface area contributed by atoms with E-state index in [-0.39, 0.29) is 0 Å². The number of hydrogen-bond donors (Lipinski definition) is 4. The molecule has 0 radical (unpaired) electrons. The Morgan fingerprint density at radius 2 is 2.08 bits per heavy atom. The average molecular weight is 197 g/mol. The molecule has 0 heterocycles. The molecule has 0 aliphatic heterocycles. The molecule has 0 aliphatic rings. The Bertz CT molecular complexity index is 317. The van der Waals surface area contributed by atoms with Gasteiger partial charge in [-0.2, -0.15) is 12.6 Å². The van der Waals surface area contributed by atoms with Gasteiger partial charge in [0.2, 0.25) is 0 Å². The molecule has 3 nitrogen and oxygen atoms in total. The van der Waals surface area contributed by atoms with Crippen molar-refractivity contribution >= 4 is 30.9 Å². The first-order valence-electron chi connectivity index (χ1n) is 3.92. The van der Waals surface area contributed by atoms with Crippen molar-refractivity contribution in [3.8, 4) is 0 Å². The molecule has 0 aliphatic carbocycles. The highest BCUT2D eigenvalue weighted by Gasteiger charge is 2.13. The van der Waals surface area contributed by atoms with Crippen LogP contribution in [0.25, 0.3) is 0 Å². The van der Waals surface area contributed by atoms with Crippen LogP contribution in [0.5, 0.6) is 0 Å². The zero-order valence-electron chi connectivity index (χ0n) is 7.36. The fraction of sp³-hybridized carbons (Fsp3) is 0.250. The lowest BCUT2D eigenvalue weighted by molar-refractivity contribution is 0.426. The first-order valence-corrected chi connectivity index (χ1v) is 4.55. The van der Waals surface area contributed by atoms with Gasteiger partial charge in [-0.15, -0.1) is 0 Å². The molecular weight excluding hydrogens is 185 g/mol. The van der Waals surface area contributed by atoms with Crippen molar-refractivity contribution in [2.45, 2.75) is 12.7 Å². The smallest absolute Gasteiger partial charge is 0.423 e. The van der Waals surface area contributed by atoms with Crippen molar-refractivity contribution in [3.05, 3.63) is 23.3 Å². The summed E-state index contributed by atoms with van der Waals surface area (Å²) in [5, 5.41) is 17.9. The molecule has 0 atom stereocenters. The van der Waals surface area contributed by atoms with E-state index in [1.807, 2.05) is 6.92 Å². The van der Waals surface area contributed by atoms with E-state index in [0.717, 1.165) is 11.1 Å². The first kappa shape index (κ1) is 10.4. The predicted molar refractivity (Wildman–Crippen MR) is 58.1 cm³/mol. The summed E-state index contributed by atoms with van der Waals surface area (Å²) >= 11 is 4.12. The molecule has 0 saturated heterocycles. The second-order valence-electron chi connectivity index (χ2n) is 2.93. The Kier molecular flexibility index (Phi) is 3.25. The zero-order valence-corrected chi connectivity index (χ0v) is 8.25. The average Bonchev–Trinajstić information content (AvgIpc) is 2.09. The molecule has 0 bridgehead atoms. The summed E-state index contributed by atoms with van der Waals surface area (Å²) in [7, 11) is -1.47. The molecule has 13 heavy (non-hydrogen) atoms. The number of thiol groups is 1. The maximum absolute atomic E-state index is 8.93. The standard InChI is InChI=1S/C8H12BNO2S/c1-5-6(4-13)2-7(9(11)12)3-8(5)10/h2-3,11-13H,4,10H2,1H3. The molecule has 4 N–H and O–H groups in total. The van der Waals surface area contributed by atoms with E-state index in [1.54, 1.807) is 12.1 Å². The van der Waals surface area contributed by atoms with Crippen LogP contribution >= 0.6 is 12.6 Å². The molecule has 0 fully saturated rings. The zero-order chi connectivity index (χ0) is 10.0. The van der Waals surface area contributed by atoms with Crippen LogP contribution < -0.4 is 11.2 Å². The molecule has 0 aromatic heterocycles. The van der Waals surface area contributed by atoms with Crippen LogP contribution in [-0.2, 0) is 5.75 Å². The molecule has 1 rings (SSSR count). The van der Waals surface area contributed by atoms with Crippen LogP contribution in [0.4, 0.5) is 5.69 Å². The van der Waals surface area contributed by atoms with Crippen molar-refractivity contribution in [2.75, 3.05) is 5.73 Å². The number of nitrogens with two attached hydrogens (primary N) is 1. The molecule has 0 unspecified atom stereocenters.